The van der Waals surface area contributed by atoms with Crippen molar-refractivity contribution in [3.05, 3.63) is 71.9 Å². The summed E-state index contributed by atoms with van der Waals surface area (Å²) in [4.78, 5) is 19.1. The highest BCUT2D eigenvalue weighted by atomic mass is 19.1. The number of halogens is 2. The molecular weight excluding hydrogens is 426 g/mol. The number of aromatic nitrogens is 4. The van der Waals surface area contributed by atoms with Crippen LogP contribution in [0.25, 0.3) is 22.2 Å². The van der Waals surface area contributed by atoms with Crippen LogP contribution in [-0.4, -0.2) is 45.8 Å². The van der Waals surface area contributed by atoms with Crippen molar-refractivity contribution in [1.29, 1.82) is 0 Å². The third-order valence-corrected chi connectivity index (χ3v) is 6.15. The van der Waals surface area contributed by atoms with E-state index in [2.05, 4.69) is 30.8 Å². The van der Waals surface area contributed by atoms with Crippen molar-refractivity contribution in [2.75, 3.05) is 18.9 Å². The highest BCUT2D eigenvalue weighted by Crippen LogP contribution is 2.45. The molecule has 1 fully saturated rings. The van der Waals surface area contributed by atoms with Gasteiger partial charge in [0.25, 0.3) is 5.91 Å². The lowest BCUT2D eigenvalue weighted by Crippen LogP contribution is -2.49. The topological polar surface area (TPSA) is 95.6 Å². The lowest BCUT2D eigenvalue weighted by Gasteiger charge is -2.44. The molecule has 33 heavy (non-hydrogen) atoms. The molecule has 1 aromatic carbocycles. The zero-order valence-corrected chi connectivity index (χ0v) is 17.9. The number of alkyl halides is 1. The molecule has 9 heteroatoms. The van der Waals surface area contributed by atoms with Crippen LogP contribution >= 0.6 is 0 Å². The standard InChI is InChI=1S/C24H22F2N6O/c1-27-23(33)20-10-15-9-14(4-5-18(15)30-20)19-6-7-21(32-31-19)29-13-24(11-16(25)12-24)22-17(26)3-2-8-28-22/h2-10,16,30H,11-13H2,1H3,(H,27,33)(H,29,32). The molecule has 0 bridgehead atoms. The Kier molecular flexibility index (Phi) is 5.24. The van der Waals surface area contributed by atoms with Gasteiger partial charge in [0.05, 0.1) is 11.4 Å². The minimum absolute atomic E-state index is 0.183. The molecule has 0 radical (unpaired) electrons. The SMILES string of the molecule is CNC(=O)c1cc2cc(-c3ccc(NCC4(c5ncccc5F)CC(F)C4)nn3)ccc2[nH]1. The number of anilines is 1. The second-order valence-corrected chi connectivity index (χ2v) is 8.34. The molecule has 1 aliphatic carbocycles. The van der Waals surface area contributed by atoms with Crippen LogP contribution in [-0.2, 0) is 5.41 Å². The van der Waals surface area contributed by atoms with Gasteiger partial charge in [0.1, 0.15) is 23.5 Å². The molecule has 7 nitrogen and oxygen atoms in total. The number of carbonyl (C=O) groups is 1. The van der Waals surface area contributed by atoms with Crippen molar-refractivity contribution in [1.82, 2.24) is 25.5 Å². The van der Waals surface area contributed by atoms with Crippen molar-refractivity contribution < 1.29 is 13.6 Å². The maximum atomic E-state index is 14.3. The summed E-state index contributed by atoms with van der Waals surface area (Å²) in [6.45, 7) is 0.312. The van der Waals surface area contributed by atoms with Gasteiger partial charge in [0.15, 0.2) is 0 Å². The number of nitrogens with one attached hydrogen (secondary N) is 3. The fourth-order valence-electron chi connectivity index (χ4n) is 4.37. The zero-order valence-electron chi connectivity index (χ0n) is 17.9. The molecular formula is C24H22F2N6O. The summed E-state index contributed by atoms with van der Waals surface area (Å²) >= 11 is 0. The predicted molar refractivity (Wildman–Crippen MR) is 121 cm³/mol. The first-order valence-corrected chi connectivity index (χ1v) is 10.7. The summed E-state index contributed by atoms with van der Waals surface area (Å²) in [5.74, 6) is -0.0920. The van der Waals surface area contributed by atoms with Crippen LogP contribution in [0.2, 0.25) is 0 Å². The molecule has 168 valence electrons. The Labute approximate surface area is 188 Å². The molecule has 1 amide bonds. The monoisotopic (exact) mass is 448 g/mol. The first-order valence-electron chi connectivity index (χ1n) is 10.7. The second-order valence-electron chi connectivity index (χ2n) is 8.34. The van der Waals surface area contributed by atoms with Crippen molar-refractivity contribution in [2.45, 2.75) is 24.4 Å². The number of H-pyrrole nitrogens is 1. The van der Waals surface area contributed by atoms with Gasteiger partial charge in [-0.3, -0.25) is 9.78 Å². The maximum absolute atomic E-state index is 14.3. The Balaban J connectivity index is 1.32. The number of nitrogens with zero attached hydrogens (tertiary/aromatic N) is 3. The molecule has 0 unspecified atom stereocenters. The highest BCUT2D eigenvalue weighted by molar-refractivity contribution is 5.98. The Morgan fingerprint density at radius 3 is 2.73 bits per heavy atom. The van der Waals surface area contributed by atoms with Gasteiger partial charge in [-0.15, -0.1) is 10.2 Å². The third kappa shape index (κ3) is 3.90. The largest absolute Gasteiger partial charge is 0.368 e. The first-order chi connectivity index (χ1) is 16.0. The number of benzene rings is 1. The van der Waals surface area contributed by atoms with Crippen LogP contribution in [0, 0.1) is 5.82 Å². The van der Waals surface area contributed by atoms with Crippen LogP contribution in [0.1, 0.15) is 29.0 Å². The van der Waals surface area contributed by atoms with Crippen molar-refractivity contribution >= 4 is 22.6 Å². The molecule has 5 rings (SSSR count). The first kappa shape index (κ1) is 21.0. The van der Waals surface area contributed by atoms with Crippen LogP contribution in [0.4, 0.5) is 14.6 Å². The second kappa shape index (κ2) is 8.23. The molecule has 3 N–H and O–H groups in total. The third-order valence-electron chi connectivity index (χ3n) is 6.15. The van der Waals surface area contributed by atoms with E-state index in [1.807, 2.05) is 24.3 Å². The van der Waals surface area contributed by atoms with Gasteiger partial charge in [-0.05, 0) is 55.3 Å². The Hall–Kier alpha value is -3.88. The van der Waals surface area contributed by atoms with Gasteiger partial charge in [-0.25, -0.2) is 8.78 Å². The average Bonchev–Trinajstić information content (AvgIpc) is 3.25. The summed E-state index contributed by atoms with van der Waals surface area (Å²) in [6, 6.07) is 14.0. The zero-order chi connectivity index (χ0) is 23.0. The minimum Gasteiger partial charge on any atom is -0.368 e. The summed E-state index contributed by atoms with van der Waals surface area (Å²) in [5, 5.41) is 15.2. The molecule has 1 saturated carbocycles. The molecule has 0 aliphatic heterocycles. The number of pyridine rings is 1. The van der Waals surface area contributed by atoms with Gasteiger partial charge in [0.2, 0.25) is 0 Å². The lowest BCUT2D eigenvalue weighted by molar-refractivity contribution is 0.0956. The summed E-state index contributed by atoms with van der Waals surface area (Å²) in [5.41, 5.74) is 2.44. The Bertz CT molecular complexity index is 1310. The van der Waals surface area contributed by atoms with E-state index in [1.165, 1.54) is 18.3 Å². The summed E-state index contributed by atoms with van der Waals surface area (Å²) in [7, 11) is 1.58. The number of amides is 1. The number of fused-ring (bicyclic) bond motifs is 1. The Morgan fingerprint density at radius 2 is 2.03 bits per heavy atom. The van der Waals surface area contributed by atoms with Gasteiger partial charge in [0, 0.05) is 41.7 Å². The van der Waals surface area contributed by atoms with Crippen LogP contribution in [0.5, 0.6) is 0 Å². The smallest absolute Gasteiger partial charge is 0.267 e. The fourth-order valence-corrected chi connectivity index (χ4v) is 4.37. The van der Waals surface area contributed by atoms with Gasteiger partial charge >= 0.3 is 0 Å². The van der Waals surface area contributed by atoms with Crippen LogP contribution in [0.3, 0.4) is 0 Å². The minimum atomic E-state index is -0.964. The molecule has 0 saturated heterocycles. The number of aromatic amines is 1. The number of hydrogen-bond donors (Lipinski definition) is 3. The molecule has 1 aliphatic rings. The predicted octanol–water partition coefficient (Wildman–Crippen LogP) is 4.00. The van der Waals surface area contributed by atoms with Crippen molar-refractivity contribution in [3.8, 4) is 11.3 Å². The fraction of sp³-hybridized carbons (Fsp3) is 0.250. The van der Waals surface area contributed by atoms with Crippen LogP contribution in [0.15, 0.2) is 54.7 Å². The van der Waals surface area contributed by atoms with E-state index in [4.69, 9.17) is 0 Å². The van der Waals surface area contributed by atoms with E-state index >= 15 is 0 Å². The van der Waals surface area contributed by atoms with E-state index in [-0.39, 0.29) is 24.4 Å². The van der Waals surface area contributed by atoms with Gasteiger partial charge in [-0.1, -0.05) is 6.07 Å². The van der Waals surface area contributed by atoms with E-state index < -0.39 is 17.4 Å². The van der Waals surface area contributed by atoms with E-state index in [0.717, 1.165) is 16.5 Å². The molecule has 0 atom stereocenters. The van der Waals surface area contributed by atoms with Gasteiger partial charge in [-0.2, -0.15) is 0 Å². The van der Waals surface area contributed by atoms with E-state index in [9.17, 15) is 13.6 Å². The molecule has 4 aromatic rings. The number of rotatable bonds is 6. The molecule has 3 heterocycles. The van der Waals surface area contributed by atoms with E-state index in [0.29, 0.717) is 23.8 Å². The van der Waals surface area contributed by atoms with Crippen LogP contribution < -0.4 is 10.6 Å². The number of carbonyl (C=O) groups excluding carboxylic acids is 1. The molecule has 3 aromatic heterocycles. The summed E-state index contributed by atoms with van der Waals surface area (Å²) in [6.07, 6.45) is 0.996. The normalized spacial score (nSPS) is 19.8. The molecule has 0 spiro atoms. The van der Waals surface area contributed by atoms with Crippen molar-refractivity contribution in [3.63, 3.8) is 0 Å². The average molecular weight is 448 g/mol. The van der Waals surface area contributed by atoms with Crippen molar-refractivity contribution in [2.24, 2.45) is 0 Å². The maximum Gasteiger partial charge on any atom is 0.267 e. The quantitative estimate of drug-likeness (QED) is 0.414. The lowest BCUT2D eigenvalue weighted by atomic mass is 9.65. The summed E-state index contributed by atoms with van der Waals surface area (Å²) < 4.78 is 28.1. The highest BCUT2D eigenvalue weighted by Gasteiger charge is 2.48. The van der Waals surface area contributed by atoms with Gasteiger partial charge < -0.3 is 15.6 Å². The Morgan fingerprint density at radius 1 is 1.18 bits per heavy atom. The van der Waals surface area contributed by atoms with E-state index in [1.54, 1.807) is 19.2 Å². The number of hydrogen-bond acceptors (Lipinski definition) is 5.